The first kappa shape index (κ1) is 26.8. The Kier molecular flexibility index (Phi) is 14.6. The topological polar surface area (TPSA) is 7.76 Å². The minimum atomic E-state index is 0. The standard InChI is InChI=1S/C23H36N2.2HI/c1-20-12-16-24(18-22(20)3)14-10-8-6-5-7-9-11-15-25-17-13-21(2)23(4)19-25;;/h12-13,16-19H,5-11,14-15H2,1-4H3;2*1H/q+2;;/p-2. The molecule has 0 unspecified atom stereocenters. The summed E-state index contributed by atoms with van der Waals surface area (Å²) in [6, 6.07) is 4.45. The van der Waals surface area contributed by atoms with Crippen molar-refractivity contribution in [1.29, 1.82) is 0 Å². The largest absolute Gasteiger partial charge is 1.00 e. The van der Waals surface area contributed by atoms with Crippen molar-refractivity contribution in [1.82, 2.24) is 0 Å². The van der Waals surface area contributed by atoms with Gasteiger partial charge < -0.3 is 48.0 Å². The summed E-state index contributed by atoms with van der Waals surface area (Å²) in [6.07, 6.45) is 18.4. The van der Waals surface area contributed by atoms with Crippen LogP contribution in [0.2, 0.25) is 0 Å². The third kappa shape index (κ3) is 10.2. The summed E-state index contributed by atoms with van der Waals surface area (Å²) in [5.41, 5.74) is 5.55. The first-order valence-electron chi connectivity index (χ1n) is 9.99. The molecule has 0 saturated heterocycles. The van der Waals surface area contributed by atoms with Crippen LogP contribution >= 0.6 is 0 Å². The highest BCUT2D eigenvalue weighted by Crippen LogP contribution is 2.08. The van der Waals surface area contributed by atoms with E-state index in [1.807, 2.05) is 0 Å². The van der Waals surface area contributed by atoms with Crippen molar-refractivity contribution in [3.8, 4) is 0 Å². The molecule has 0 aliphatic rings. The SMILES string of the molecule is Cc1cc[n+](CCCCCCCCC[n+]2ccc(C)c(C)c2)cc1C.[I-].[I-]. The van der Waals surface area contributed by atoms with Gasteiger partial charge in [-0.25, -0.2) is 9.13 Å². The van der Waals surface area contributed by atoms with Gasteiger partial charge in [-0.3, -0.25) is 0 Å². The molecule has 0 atom stereocenters. The number of aryl methyl sites for hydroxylation is 6. The van der Waals surface area contributed by atoms with Gasteiger partial charge in [-0.2, -0.15) is 0 Å². The van der Waals surface area contributed by atoms with Gasteiger partial charge in [-0.05, 0) is 51.7 Å². The number of aromatic nitrogens is 2. The van der Waals surface area contributed by atoms with Crippen LogP contribution in [0.4, 0.5) is 0 Å². The molecule has 2 aromatic rings. The minimum absolute atomic E-state index is 0. The Labute approximate surface area is 200 Å². The lowest BCUT2D eigenvalue weighted by atomic mass is 10.1. The minimum Gasteiger partial charge on any atom is -1.00 e. The molecule has 0 amide bonds. The van der Waals surface area contributed by atoms with Gasteiger partial charge in [0.1, 0.15) is 13.1 Å². The highest BCUT2D eigenvalue weighted by atomic mass is 127. The van der Waals surface area contributed by atoms with E-state index < -0.39 is 0 Å². The predicted octanol–water partition coefficient (Wildman–Crippen LogP) is -1.07. The molecule has 0 aliphatic carbocycles. The number of rotatable bonds is 10. The second kappa shape index (κ2) is 14.7. The normalized spacial score (nSPS) is 10.2. The fraction of sp³-hybridized carbons (Fsp3) is 0.565. The van der Waals surface area contributed by atoms with Crippen molar-refractivity contribution in [2.24, 2.45) is 0 Å². The van der Waals surface area contributed by atoms with Gasteiger partial charge in [0, 0.05) is 36.1 Å². The lowest BCUT2D eigenvalue weighted by Crippen LogP contribution is -3.00. The molecule has 2 rings (SSSR count). The number of pyridine rings is 2. The van der Waals surface area contributed by atoms with Gasteiger partial charge in [0.2, 0.25) is 0 Å². The summed E-state index contributed by atoms with van der Waals surface area (Å²) in [7, 11) is 0. The van der Waals surface area contributed by atoms with Crippen LogP contribution in [-0.4, -0.2) is 0 Å². The number of nitrogens with zero attached hydrogens (tertiary/aromatic N) is 2. The molecule has 152 valence electrons. The highest BCUT2D eigenvalue weighted by Gasteiger charge is 2.04. The van der Waals surface area contributed by atoms with Crippen LogP contribution < -0.4 is 57.1 Å². The molecule has 27 heavy (non-hydrogen) atoms. The summed E-state index contributed by atoms with van der Waals surface area (Å²) in [4.78, 5) is 0. The van der Waals surface area contributed by atoms with E-state index in [1.165, 1.54) is 67.2 Å². The second-order valence-corrected chi connectivity index (χ2v) is 7.57. The van der Waals surface area contributed by atoms with E-state index in [0.29, 0.717) is 0 Å². The summed E-state index contributed by atoms with van der Waals surface area (Å²) in [5.74, 6) is 0. The van der Waals surface area contributed by atoms with Crippen molar-refractivity contribution in [3.05, 3.63) is 59.2 Å². The van der Waals surface area contributed by atoms with E-state index in [1.54, 1.807) is 0 Å². The van der Waals surface area contributed by atoms with Crippen molar-refractivity contribution in [2.45, 2.75) is 85.7 Å². The average Bonchev–Trinajstić information content (AvgIpc) is 2.59. The molecule has 2 heterocycles. The van der Waals surface area contributed by atoms with Crippen LogP contribution in [-0.2, 0) is 13.1 Å². The Bertz CT molecular complexity index is 614. The third-order valence-corrected chi connectivity index (χ3v) is 5.33. The van der Waals surface area contributed by atoms with Crippen LogP contribution in [0.1, 0.15) is 67.2 Å². The van der Waals surface area contributed by atoms with Gasteiger partial charge in [0.25, 0.3) is 0 Å². The second-order valence-electron chi connectivity index (χ2n) is 7.57. The molecule has 0 saturated carbocycles. The molecule has 0 aliphatic heterocycles. The average molecular weight is 594 g/mol. The van der Waals surface area contributed by atoms with Crippen LogP contribution in [0, 0.1) is 27.7 Å². The van der Waals surface area contributed by atoms with Crippen LogP contribution in [0.25, 0.3) is 0 Å². The molecule has 0 bridgehead atoms. The van der Waals surface area contributed by atoms with Crippen molar-refractivity contribution in [3.63, 3.8) is 0 Å². The van der Waals surface area contributed by atoms with Crippen LogP contribution in [0.3, 0.4) is 0 Å². The van der Waals surface area contributed by atoms with Gasteiger partial charge in [-0.15, -0.1) is 0 Å². The van der Waals surface area contributed by atoms with E-state index in [9.17, 15) is 0 Å². The number of unbranched alkanes of at least 4 members (excludes halogenated alkanes) is 6. The molecule has 2 nitrogen and oxygen atoms in total. The van der Waals surface area contributed by atoms with Crippen molar-refractivity contribution < 1.29 is 57.1 Å². The first-order valence-corrected chi connectivity index (χ1v) is 9.99. The van der Waals surface area contributed by atoms with E-state index in [0.717, 1.165) is 13.1 Å². The van der Waals surface area contributed by atoms with E-state index in [4.69, 9.17) is 0 Å². The fourth-order valence-corrected chi connectivity index (χ4v) is 3.22. The predicted molar refractivity (Wildman–Crippen MR) is 105 cm³/mol. The molecule has 0 N–H and O–H groups in total. The van der Waals surface area contributed by atoms with Crippen LogP contribution in [0.5, 0.6) is 0 Å². The first-order chi connectivity index (χ1) is 12.1. The monoisotopic (exact) mass is 594 g/mol. The molecule has 4 heteroatoms. The Morgan fingerprint density at radius 3 is 1.19 bits per heavy atom. The third-order valence-electron chi connectivity index (χ3n) is 5.33. The maximum atomic E-state index is 2.34. The van der Waals surface area contributed by atoms with Crippen molar-refractivity contribution in [2.75, 3.05) is 0 Å². The van der Waals surface area contributed by atoms with Gasteiger partial charge in [0.05, 0.1) is 0 Å². The smallest absolute Gasteiger partial charge is 0.171 e. The summed E-state index contributed by atoms with van der Waals surface area (Å²) >= 11 is 0. The Morgan fingerprint density at radius 1 is 0.519 bits per heavy atom. The van der Waals surface area contributed by atoms with Crippen LogP contribution in [0.15, 0.2) is 36.9 Å². The molecule has 0 radical (unpaired) electrons. The quantitative estimate of drug-likeness (QED) is 0.188. The van der Waals surface area contributed by atoms with E-state index >= 15 is 0 Å². The number of hydrogen-bond acceptors (Lipinski definition) is 0. The fourth-order valence-electron chi connectivity index (χ4n) is 3.22. The molecular weight excluding hydrogens is 558 g/mol. The molecule has 0 spiro atoms. The maximum absolute atomic E-state index is 2.34. The molecular formula is C23H36I2N2. The highest BCUT2D eigenvalue weighted by molar-refractivity contribution is 5.17. The van der Waals surface area contributed by atoms with Crippen molar-refractivity contribution >= 4 is 0 Å². The number of hydrogen-bond donors (Lipinski definition) is 0. The Morgan fingerprint density at radius 2 is 0.852 bits per heavy atom. The zero-order valence-electron chi connectivity index (χ0n) is 17.5. The Hall–Kier alpha value is -0.240. The lowest BCUT2D eigenvalue weighted by molar-refractivity contribution is -0.697. The summed E-state index contributed by atoms with van der Waals surface area (Å²) in [5, 5.41) is 0. The van der Waals surface area contributed by atoms with Gasteiger partial charge in [0.15, 0.2) is 24.8 Å². The number of halogens is 2. The zero-order chi connectivity index (χ0) is 18.1. The van der Waals surface area contributed by atoms with Gasteiger partial charge >= 0.3 is 0 Å². The summed E-state index contributed by atoms with van der Waals surface area (Å²) in [6.45, 7) is 11.1. The maximum Gasteiger partial charge on any atom is 0.171 e. The lowest BCUT2D eigenvalue weighted by Gasteiger charge is -2.03. The van der Waals surface area contributed by atoms with E-state index in [-0.39, 0.29) is 48.0 Å². The van der Waals surface area contributed by atoms with E-state index in [2.05, 4.69) is 73.7 Å². The molecule has 2 aromatic heterocycles. The Balaban J connectivity index is 0.00000338. The summed E-state index contributed by atoms with van der Waals surface area (Å²) < 4.78 is 4.67. The molecule has 0 aromatic carbocycles. The molecule has 0 fully saturated rings. The zero-order valence-corrected chi connectivity index (χ0v) is 21.8. The van der Waals surface area contributed by atoms with Gasteiger partial charge in [-0.1, -0.05) is 19.3 Å².